The van der Waals surface area contributed by atoms with Gasteiger partial charge < -0.3 is 9.64 Å². The molecule has 1 fully saturated rings. The number of carbonyl (C=O) groups excluding carboxylic acids is 2. The number of nitrogens with zero attached hydrogens (tertiary/aromatic N) is 3. The highest BCUT2D eigenvalue weighted by atomic mass is 16.5. The van der Waals surface area contributed by atoms with Crippen LogP contribution in [0.2, 0.25) is 0 Å². The first kappa shape index (κ1) is 17.1. The number of para-hydroxylation sites is 1. The van der Waals surface area contributed by atoms with Crippen LogP contribution in [0.4, 0.5) is 0 Å². The maximum Gasteiger partial charge on any atom is 0.328 e. The van der Waals surface area contributed by atoms with E-state index in [0.29, 0.717) is 23.9 Å². The molecule has 0 unspecified atom stereocenters. The number of methoxy groups -OCH3 is 1. The number of likely N-dealkylation sites (tertiary alicyclic amines) is 1. The molecule has 2 heterocycles. The molecule has 2 aromatic rings. The minimum absolute atomic E-state index is 0.145. The lowest BCUT2D eigenvalue weighted by Gasteiger charge is -2.22. The Morgan fingerprint density at radius 3 is 2.92 bits per heavy atom. The zero-order valence-corrected chi connectivity index (χ0v) is 14.4. The minimum Gasteiger partial charge on any atom is -0.467 e. The molecule has 1 aliphatic heterocycles. The van der Waals surface area contributed by atoms with Crippen LogP contribution in [-0.4, -0.2) is 46.0 Å². The lowest BCUT2D eigenvalue weighted by atomic mass is 10.1. The Labute approximate surface area is 145 Å². The average Bonchev–Trinajstić information content (AvgIpc) is 3.11. The molecule has 132 valence electrons. The molecular weight excluding hydrogens is 322 g/mol. The van der Waals surface area contributed by atoms with Crippen LogP contribution in [0.5, 0.6) is 0 Å². The third kappa shape index (κ3) is 3.26. The Morgan fingerprint density at radius 1 is 1.36 bits per heavy atom. The number of aryl methyl sites for hydroxylation is 2. The van der Waals surface area contributed by atoms with Crippen molar-refractivity contribution in [3.8, 4) is 0 Å². The lowest BCUT2D eigenvalue weighted by molar-refractivity contribution is -0.151. The predicted octanol–water partition coefficient (Wildman–Crippen LogP) is 1.26. The van der Waals surface area contributed by atoms with Gasteiger partial charge in [-0.2, -0.15) is 0 Å². The van der Waals surface area contributed by atoms with Gasteiger partial charge in [0.15, 0.2) is 0 Å². The van der Waals surface area contributed by atoms with Crippen molar-refractivity contribution in [2.75, 3.05) is 13.7 Å². The van der Waals surface area contributed by atoms with E-state index in [9.17, 15) is 14.4 Å². The summed E-state index contributed by atoms with van der Waals surface area (Å²) in [5, 5.41) is 0.545. The number of hydrogen-bond acceptors (Lipinski definition) is 5. The molecule has 1 aliphatic rings. The Bertz CT molecular complexity index is 874. The van der Waals surface area contributed by atoms with E-state index in [1.165, 1.54) is 18.0 Å². The summed E-state index contributed by atoms with van der Waals surface area (Å²) in [4.78, 5) is 42.7. The van der Waals surface area contributed by atoms with Crippen molar-refractivity contribution in [2.24, 2.45) is 0 Å². The summed E-state index contributed by atoms with van der Waals surface area (Å²) in [5.41, 5.74) is 1.46. The number of amides is 1. The molecule has 0 bridgehead atoms. The second-order valence-electron chi connectivity index (χ2n) is 6.23. The zero-order chi connectivity index (χ0) is 18.0. The number of aromatic nitrogens is 2. The Morgan fingerprint density at radius 2 is 2.16 bits per heavy atom. The molecule has 1 aromatic heterocycles. The van der Waals surface area contributed by atoms with Crippen molar-refractivity contribution in [1.82, 2.24) is 14.5 Å². The van der Waals surface area contributed by atoms with Crippen LogP contribution in [0, 0.1) is 6.92 Å². The van der Waals surface area contributed by atoms with Crippen molar-refractivity contribution >= 4 is 22.8 Å². The Balaban J connectivity index is 1.74. The number of fused-ring (bicyclic) bond motifs is 1. The van der Waals surface area contributed by atoms with Crippen molar-refractivity contribution < 1.29 is 14.3 Å². The van der Waals surface area contributed by atoms with Crippen molar-refractivity contribution in [1.29, 1.82) is 0 Å². The molecule has 25 heavy (non-hydrogen) atoms. The second-order valence-corrected chi connectivity index (χ2v) is 6.23. The molecule has 7 nitrogen and oxygen atoms in total. The summed E-state index contributed by atoms with van der Waals surface area (Å²) in [6.07, 6.45) is 3.02. The number of carbonyl (C=O) groups is 2. The van der Waals surface area contributed by atoms with E-state index in [0.717, 1.165) is 12.0 Å². The fourth-order valence-electron chi connectivity index (χ4n) is 3.30. The first-order valence-corrected chi connectivity index (χ1v) is 8.35. The van der Waals surface area contributed by atoms with Gasteiger partial charge in [-0.1, -0.05) is 12.1 Å². The van der Waals surface area contributed by atoms with E-state index in [1.807, 2.05) is 19.1 Å². The van der Waals surface area contributed by atoms with Crippen LogP contribution in [0.1, 0.15) is 24.8 Å². The summed E-state index contributed by atoms with van der Waals surface area (Å²) in [7, 11) is 1.33. The molecule has 1 aromatic carbocycles. The quantitative estimate of drug-likeness (QED) is 0.781. The molecule has 0 radical (unpaired) electrons. The van der Waals surface area contributed by atoms with Crippen molar-refractivity contribution in [3.05, 3.63) is 40.4 Å². The summed E-state index contributed by atoms with van der Waals surface area (Å²) >= 11 is 0. The SMILES string of the molecule is COC(=O)[C@@H]1CCCN1C(=O)CCn1cnc2c(C)cccc2c1=O. The molecule has 0 saturated carbocycles. The standard InChI is InChI=1S/C18H21N3O4/c1-12-5-3-6-13-16(12)19-11-20(17(13)23)10-8-15(22)21-9-4-7-14(21)18(24)25-2/h3,5-6,11,14H,4,7-10H2,1-2H3/t14-/m0/s1. The monoisotopic (exact) mass is 343 g/mol. The fraction of sp³-hybridized carbons (Fsp3) is 0.444. The first-order valence-electron chi connectivity index (χ1n) is 8.35. The van der Waals surface area contributed by atoms with Crippen LogP contribution in [0.25, 0.3) is 10.9 Å². The molecule has 0 spiro atoms. The second kappa shape index (κ2) is 7.04. The Kier molecular flexibility index (Phi) is 4.83. The van der Waals surface area contributed by atoms with Crippen LogP contribution in [0.3, 0.4) is 0 Å². The summed E-state index contributed by atoms with van der Waals surface area (Å²) in [6, 6.07) is 4.96. The van der Waals surface area contributed by atoms with Gasteiger partial charge in [0.1, 0.15) is 6.04 Å². The van der Waals surface area contributed by atoms with E-state index in [-0.39, 0.29) is 30.4 Å². The average molecular weight is 343 g/mol. The number of hydrogen-bond donors (Lipinski definition) is 0. The fourth-order valence-corrected chi connectivity index (χ4v) is 3.30. The van der Waals surface area contributed by atoms with Crippen molar-refractivity contribution in [3.63, 3.8) is 0 Å². The number of ether oxygens (including phenoxy) is 1. The smallest absolute Gasteiger partial charge is 0.328 e. The van der Waals surface area contributed by atoms with Gasteiger partial charge in [0, 0.05) is 19.5 Å². The highest BCUT2D eigenvalue weighted by Crippen LogP contribution is 2.19. The van der Waals surface area contributed by atoms with Gasteiger partial charge in [-0.15, -0.1) is 0 Å². The molecule has 0 aliphatic carbocycles. The zero-order valence-electron chi connectivity index (χ0n) is 14.4. The topological polar surface area (TPSA) is 81.5 Å². The third-order valence-corrected chi connectivity index (χ3v) is 4.67. The molecular formula is C18H21N3O4. The van der Waals surface area contributed by atoms with E-state index in [1.54, 1.807) is 11.0 Å². The van der Waals surface area contributed by atoms with E-state index < -0.39 is 6.04 Å². The normalized spacial score (nSPS) is 17.0. The van der Waals surface area contributed by atoms with Gasteiger partial charge in [-0.3, -0.25) is 14.2 Å². The predicted molar refractivity (Wildman–Crippen MR) is 92.1 cm³/mol. The summed E-state index contributed by atoms with van der Waals surface area (Å²) in [5.74, 6) is -0.532. The van der Waals surface area contributed by atoms with Crippen LogP contribution >= 0.6 is 0 Å². The first-order chi connectivity index (χ1) is 12.0. The molecule has 0 N–H and O–H groups in total. The van der Waals surface area contributed by atoms with Gasteiger partial charge in [0.2, 0.25) is 5.91 Å². The maximum atomic E-state index is 12.6. The highest BCUT2D eigenvalue weighted by molar-refractivity contribution is 5.85. The molecule has 1 amide bonds. The number of esters is 1. The van der Waals surface area contributed by atoms with Crippen molar-refractivity contribution in [2.45, 2.75) is 38.8 Å². The number of rotatable bonds is 4. The lowest BCUT2D eigenvalue weighted by Crippen LogP contribution is -2.41. The van der Waals surface area contributed by atoms with Gasteiger partial charge in [-0.05, 0) is 31.4 Å². The van der Waals surface area contributed by atoms with E-state index in [2.05, 4.69) is 4.98 Å². The molecule has 1 atom stereocenters. The number of benzene rings is 1. The van der Waals surface area contributed by atoms with Gasteiger partial charge in [-0.25, -0.2) is 9.78 Å². The minimum atomic E-state index is -0.508. The van der Waals surface area contributed by atoms with Crippen LogP contribution < -0.4 is 5.56 Å². The van der Waals surface area contributed by atoms with E-state index >= 15 is 0 Å². The van der Waals surface area contributed by atoms with Gasteiger partial charge in [0.05, 0.1) is 24.3 Å². The molecule has 7 heteroatoms. The molecule has 1 saturated heterocycles. The summed E-state index contributed by atoms with van der Waals surface area (Å²) in [6.45, 7) is 2.69. The van der Waals surface area contributed by atoms with Crippen LogP contribution in [0.15, 0.2) is 29.3 Å². The van der Waals surface area contributed by atoms with Gasteiger partial charge in [0.25, 0.3) is 5.56 Å². The summed E-state index contributed by atoms with van der Waals surface area (Å²) < 4.78 is 6.21. The largest absolute Gasteiger partial charge is 0.467 e. The third-order valence-electron chi connectivity index (χ3n) is 4.67. The molecule has 3 rings (SSSR count). The van der Waals surface area contributed by atoms with Crippen LogP contribution in [-0.2, 0) is 20.9 Å². The van der Waals surface area contributed by atoms with Gasteiger partial charge >= 0.3 is 5.97 Å². The maximum absolute atomic E-state index is 12.6. The highest BCUT2D eigenvalue weighted by Gasteiger charge is 2.34. The Hall–Kier alpha value is -2.70. The van der Waals surface area contributed by atoms with E-state index in [4.69, 9.17) is 4.74 Å².